The second kappa shape index (κ2) is 13.1. The van der Waals surface area contributed by atoms with Gasteiger partial charge in [-0.2, -0.15) is 13.2 Å². The van der Waals surface area contributed by atoms with Crippen LogP contribution in [0.5, 0.6) is 0 Å². The van der Waals surface area contributed by atoms with E-state index in [1.807, 2.05) is 0 Å². The number of methoxy groups -OCH3 is 1. The van der Waals surface area contributed by atoms with Gasteiger partial charge in [-0.3, -0.25) is 19.2 Å². The average Bonchev–Trinajstić information content (AvgIpc) is 2.73. The molecule has 0 aromatic carbocycles. The van der Waals surface area contributed by atoms with Crippen LogP contribution in [-0.2, 0) is 52.4 Å². The van der Waals surface area contributed by atoms with Gasteiger partial charge in [0.15, 0.2) is 18.3 Å². The summed E-state index contributed by atoms with van der Waals surface area (Å²) in [5.74, 6) is -6.76. The van der Waals surface area contributed by atoms with Crippen LogP contribution in [-0.4, -0.2) is 86.2 Å². The number of hydrogen-bond acceptors (Lipinski definition) is 11. The van der Waals surface area contributed by atoms with Crippen molar-refractivity contribution in [3.63, 3.8) is 0 Å². The van der Waals surface area contributed by atoms with Crippen molar-refractivity contribution in [3.8, 4) is 0 Å². The molecular weight excluding hydrogens is 499 g/mol. The van der Waals surface area contributed by atoms with Crippen LogP contribution in [0.4, 0.5) is 13.2 Å². The lowest BCUT2D eigenvalue weighted by molar-refractivity contribution is -0.195. The maximum Gasteiger partial charge on any atom is 0.471 e. The van der Waals surface area contributed by atoms with Crippen LogP contribution in [0.2, 0.25) is 0 Å². The van der Waals surface area contributed by atoms with Crippen LogP contribution in [0.1, 0.15) is 34.6 Å². The Hall–Kier alpha value is -3.36. The van der Waals surface area contributed by atoms with Gasteiger partial charge < -0.3 is 33.7 Å². The predicted molar refractivity (Wildman–Crippen MR) is 111 cm³/mol. The number of nitrogens with one attached hydrogen (secondary N) is 1. The summed E-state index contributed by atoms with van der Waals surface area (Å²) in [4.78, 5) is 59.1. The molecule has 0 bridgehead atoms. The molecule has 1 rings (SSSR count). The van der Waals surface area contributed by atoms with Crippen LogP contribution in [0.3, 0.4) is 0 Å². The van der Waals surface area contributed by atoms with E-state index in [0.29, 0.717) is 0 Å². The Bertz CT molecular complexity index is 872. The normalized spacial score (nSPS) is 21.3. The van der Waals surface area contributed by atoms with Gasteiger partial charge in [0.05, 0.1) is 19.3 Å². The van der Waals surface area contributed by atoms with Crippen LogP contribution in [0.15, 0.2) is 11.8 Å². The molecule has 1 heterocycles. The second-order valence-electron chi connectivity index (χ2n) is 7.78. The van der Waals surface area contributed by atoms with E-state index in [2.05, 4.69) is 4.74 Å². The van der Waals surface area contributed by atoms with Crippen LogP contribution in [0.25, 0.3) is 0 Å². The summed E-state index contributed by atoms with van der Waals surface area (Å²) >= 11 is 0. The first kappa shape index (κ1) is 30.7. The first-order chi connectivity index (χ1) is 16.6. The predicted octanol–water partition coefficient (Wildman–Crippen LogP) is 0.709. The van der Waals surface area contributed by atoms with E-state index in [4.69, 9.17) is 23.7 Å². The molecule has 12 nitrogen and oxygen atoms in total. The lowest BCUT2D eigenvalue weighted by Gasteiger charge is -2.42. The number of esters is 4. The maximum absolute atomic E-state index is 13.1. The molecule has 0 spiro atoms. The fraction of sp³-hybridized carbons (Fsp3) is 0.667. The second-order valence-corrected chi connectivity index (χ2v) is 7.78. The molecule has 1 aliphatic rings. The first-order valence-corrected chi connectivity index (χ1v) is 10.5. The van der Waals surface area contributed by atoms with Gasteiger partial charge in [0, 0.05) is 20.8 Å². The number of hydrogen-bond donors (Lipinski definition) is 1. The Labute approximate surface area is 204 Å². The van der Waals surface area contributed by atoms with Crippen molar-refractivity contribution in [3.05, 3.63) is 11.8 Å². The molecule has 0 aromatic rings. The third kappa shape index (κ3) is 9.36. The van der Waals surface area contributed by atoms with Crippen molar-refractivity contribution in [2.45, 2.75) is 77.4 Å². The molecule has 0 radical (unpaired) electrons. The van der Waals surface area contributed by atoms with Gasteiger partial charge in [0.2, 0.25) is 5.76 Å². The number of ether oxygens (including phenoxy) is 6. The van der Waals surface area contributed by atoms with Crippen LogP contribution < -0.4 is 5.32 Å². The number of carbonyl (C=O) groups excluding carboxylic acids is 5. The maximum atomic E-state index is 13.1. The van der Waals surface area contributed by atoms with Gasteiger partial charge in [0.1, 0.15) is 12.7 Å². The highest BCUT2D eigenvalue weighted by Crippen LogP contribution is 2.29. The van der Waals surface area contributed by atoms with E-state index in [1.165, 1.54) is 13.8 Å². The van der Waals surface area contributed by atoms with Crippen LogP contribution in [0, 0.1) is 0 Å². The lowest BCUT2D eigenvalue weighted by Crippen LogP contribution is -2.63. The highest BCUT2D eigenvalue weighted by molar-refractivity contribution is 5.87. The summed E-state index contributed by atoms with van der Waals surface area (Å²) in [6.07, 6.45) is -11.6. The largest absolute Gasteiger partial charge is 0.477 e. The Balaban J connectivity index is 3.69. The van der Waals surface area contributed by atoms with E-state index in [0.717, 1.165) is 34.0 Å². The molecule has 0 aromatic heterocycles. The third-order valence-corrected chi connectivity index (χ3v) is 4.42. The Morgan fingerprint density at radius 2 is 1.61 bits per heavy atom. The smallest absolute Gasteiger partial charge is 0.471 e. The Kier molecular flexibility index (Phi) is 11.2. The molecule has 0 saturated carbocycles. The zero-order chi connectivity index (χ0) is 27.8. The number of amides is 1. The molecule has 204 valence electrons. The third-order valence-electron chi connectivity index (χ3n) is 4.42. The van der Waals surface area contributed by atoms with Crippen LogP contribution >= 0.6 is 0 Å². The van der Waals surface area contributed by atoms with Gasteiger partial charge in [0.25, 0.3) is 0 Å². The van der Waals surface area contributed by atoms with Gasteiger partial charge in [-0.05, 0) is 19.9 Å². The molecule has 0 aliphatic carbocycles. The molecule has 15 heteroatoms. The highest BCUT2D eigenvalue weighted by Gasteiger charge is 2.51. The summed E-state index contributed by atoms with van der Waals surface area (Å²) < 4.78 is 70.3. The number of rotatable bonds is 10. The van der Waals surface area contributed by atoms with Crippen molar-refractivity contribution in [2.75, 3.05) is 13.7 Å². The number of halogens is 3. The number of alkyl halides is 3. The zero-order valence-electron chi connectivity index (χ0n) is 20.4. The molecule has 1 aliphatic heterocycles. The molecule has 36 heavy (non-hydrogen) atoms. The minimum atomic E-state index is -5.33. The van der Waals surface area contributed by atoms with Crippen molar-refractivity contribution in [2.24, 2.45) is 0 Å². The van der Waals surface area contributed by atoms with Crippen molar-refractivity contribution < 1.29 is 65.6 Å². The van der Waals surface area contributed by atoms with Crippen molar-refractivity contribution in [1.82, 2.24) is 5.32 Å². The Morgan fingerprint density at radius 1 is 1.03 bits per heavy atom. The van der Waals surface area contributed by atoms with E-state index in [9.17, 15) is 37.1 Å². The van der Waals surface area contributed by atoms with Crippen molar-refractivity contribution in [1.29, 1.82) is 0 Å². The van der Waals surface area contributed by atoms with Gasteiger partial charge in [-0.25, -0.2) is 4.79 Å². The van der Waals surface area contributed by atoms with Gasteiger partial charge >= 0.3 is 36.0 Å². The van der Waals surface area contributed by atoms with E-state index >= 15 is 0 Å². The average molecular weight is 527 g/mol. The fourth-order valence-corrected chi connectivity index (χ4v) is 3.18. The monoisotopic (exact) mass is 527 g/mol. The van der Waals surface area contributed by atoms with E-state index in [1.54, 1.807) is 5.32 Å². The topological polar surface area (TPSA) is 153 Å². The number of carbonyl (C=O) groups is 5. The Morgan fingerprint density at radius 3 is 2.06 bits per heavy atom. The summed E-state index contributed by atoms with van der Waals surface area (Å²) in [6.45, 7) is 5.30. The summed E-state index contributed by atoms with van der Waals surface area (Å²) in [5.41, 5.74) is 0. The fourth-order valence-electron chi connectivity index (χ4n) is 3.18. The molecule has 0 unspecified atom stereocenters. The summed E-state index contributed by atoms with van der Waals surface area (Å²) in [5, 5.41) is 1.72. The van der Waals surface area contributed by atoms with E-state index < -0.39 is 84.9 Å². The molecule has 5 atom stereocenters. The molecule has 0 fully saturated rings. The molecule has 1 amide bonds. The summed E-state index contributed by atoms with van der Waals surface area (Å²) in [7, 11) is 1.00. The van der Waals surface area contributed by atoms with Crippen molar-refractivity contribution >= 4 is 29.8 Å². The van der Waals surface area contributed by atoms with Gasteiger partial charge in [-0.15, -0.1) is 0 Å². The quantitative estimate of drug-likeness (QED) is 0.316. The molecule has 0 saturated heterocycles. The SMILES string of the molecule is COC(=O)C1=C[C@@H](OC(C)C)[C@@H](NC(=O)C(F)(F)F)[C@H]([C@H](OC(C)=O)[C@@H](COC(C)=O)OC(C)=O)O1. The molecule has 1 N–H and O–H groups in total. The zero-order valence-corrected chi connectivity index (χ0v) is 20.4. The standard InChI is InChI=1S/C21H28F3NO11/c1-9(2)33-13-7-14(19(29)31-6)36-18(16(13)25-20(30)21(22,23)24)17(35-12(5)28)15(34-11(4)27)8-32-10(3)26/h7,9,13,15-18H,8H2,1-6H3,(H,25,30)/t13-,15-,16-,17-,18-/m1/s1. The minimum absolute atomic E-state index is 0.545. The van der Waals surface area contributed by atoms with E-state index in [-0.39, 0.29) is 0 Å². The lowest BCUT2D eigenvalue weighted by atomic mass is 9.93. The summed E-state index contributed by atoms with van der Waals surface area (Å²) in [6, 6.07) is -1.74. The van der Waals surface area contributed by atoms with Gasteiger partial charge in [-0.1, -0.05) is 0 Å². The molecular formula is C21H28F3NO11. The highest BCUT2D eigenvalue weighted by atomic mass is 19.4. The first-order valence-electron chi connectivity index (χ1n) is 10.5. The minimum Gasteiger partial charge on any atom is -0.477 e.